The molecule has 152 valence electrons. The van der Waals surface area contributed by atoms with Crippen LogP contribution in [0.15, 0.2) is 69.9 Å². The van der Waals surface area contributed by atoms with Gasteiger partial charge in [0.1, 0.15) is 23.4 Å². The summed E-state index contributed by atoms with van der Waals surface area (Å²) in [7, 11) is 0. The molecule has 2 atom stereocenters. The molecule has 0 radical (unpaired) electrons. The Labute approximate surface area is 172 Å². The molecule has 0 spiro atoms. The lowest BCUT2D eigenvalue weighted by Crippen LogP contribution is -2.40. The van der Waals surface area contributed by atoms with E-state index >= 15 is 0 Å². The largest absolute Gasteiger partial charge is 0.458 e. The number of esters is 1. The first-order chi connectivity index (χ1) is 14.3. The second kappa shape index (κ2) is 7.39. The van der Waals surface area contributed by atoms with Gasteiger partial charge in [-0.25, -0.2) is 9.59 Å². The first-order valence-electron chi connectivity index (χ1n) is 9.51. The second-order valence-electron chi connectivity index (χ2n) is 7.58. The lowest BCUT2D eigenvalue weighted by atomic mass is 9.82. The summed E-state index contributed by atoms with van der Waals surface area (Å²) in [5.41, 5.74) is 0.119. The Hall–Kier alpha value is -3.51. The smallest absolute Gasteiger partial charge is 0.351 e. The van der Waals surface area contributed by atoms with E-state index < -0.39 is 29.7 Å². The van der Waals surface area contributed by atoms with Gasteiger partial charge in [-0.15, -0.1) is 0 Å². The third kappa shape index (κ3) is 3.46. The minimum absolute atomic E-state index is 0.270. The zero-order valence-corrected chi connectivity index (χ0v) is 16.5. The van der Waals surface area contributed by atoms with Gasteiger partial charge in [0, 0.05) is 5.39 Å². The Kier molecular flexibility index (Phi) is 4.87. The third-order valence-corrected chi connectivity index (χ3v) is 5.35. The molecule has 0 fully saturated rings. The van der Waals surface area contributed by atoms with Crippen LogP contribution in [0.2, 0.25) is 0 Å². The van der Waals surface area contributed by atoms with Crippen LogP contribution in [0, 0.1) is 13.8 Å². The molecular formula is C24H20O6. The maximum Gasteiger partial charge on any atom is 0.351 e. The van der Waals surface area contributed by atoms with Crippen molar-refractivity contribution in [2.24, 2.45) is 0 Å². The summed E-state index contributed by atoms with van der Waals surface area (Å²) in [5.74, 6) is -2.08. The van der Waals surface area contributed by atoms with Crippen molar-refractivity contribution in [1.82, 2.24) is 0 Å². The zero-order chi connectivity index (χ0) is 21.5. The predicted octanol–water partition coefficient (Wildman–Crippen LogP) is 3.22. The summed E-state index contributed by atoms with van der Waals surface area (Å²) in [6, 6.07) is 13.8. The van der Waals surface area contributed by atoms with Crippen molar-refractivity contribution in [2.75, 3.05) is 6.61 Å². The van der Waals surface area contributed by atoms with Crippen LogP contribution in [0.5, 0.6) is 0 Å². The van der Waals surface area contributed by atoms with Crippen molar-refractivity contribution in [3.63, 3.8) is 0 Å². The number of carbonyl (C=O) groups excluding carboxylic acids is 2. The molecule has 1 aromatic heterocycles. The van der Waals surface area contributed by atoms with Crippen molar-refractivity contribution in [3.8, 4) is 0 Å². The molecule has 0 amide bonds. The number of carbonyl (C=O) groups is 2. The number of ketones is 1. The van der Waals surface area contributed by atoms with Gasteiger partial charge in [-0.3, -0.25) is 4.79 Å². The number of fused-ring (bicyclic) bond motifs is 1. The molecule has 1 heterocycles. The van der Waals surface area contributed by atoms with E-state index in [2.05, 4.69) is 0 Å². The average molecular weight is 404 g/mol. The van der Waals surface area contributed by atoms with Crippen molar-refractivity contribution in [3.05, 3.63) is 93.4 Å². The van der Waals surface area contributed by atoms with Gasteiger partial charge in [0.15, 0.2) is 5.78 Å². The highest BCUT2D eigenvalue weighted by molar-refractivity contribution is 6.00. The van der Waals surface area contributed by atoms with Crippen LogP contribution in [0.4, 0.5) is 0 Å². The van der Waals surface area contributed by atoms with E-state index in [1.807, 2.05) is 26.0 Å². The maximum atomic E-state index is 12.5. The minimum atomic E-state index is -1.70. The van der Waals surface area contributed by atoms with E-state index in [9.17, 15) is 19.5 Å². The quantitative estimate of drug-likeness (QED) is 0.530. The molecular weight excluding hydrogens is 384 g/mol. The summed E-state index contributed by atoms with van der Waals surface area (Å²) in [6.45, 7) is 3.33. The SMILES string of the molecule is Cc1ccc(C2C(=O)C=C[C@@]2(O)COC(=O)c2cc3ccccc3oc2=O)c(C)c1. The summed E-state index contributed by atoms with van der Waals surface area (Å²) in [5, 5.41) is 11.7. The van der Waals surface area contributed by atoms with Crippen LogP contribution in [0.3, 0.4) is 0 Å². The highest BCUT2D eigenvalue weighted by Crippen LogP contribution is 2.38. The number of rotatable bonds is 4. The van der Waals surface area contributed by atoms with E-state index in [0.717, 1.165) is 11.1 Å². The average Bonchev–Trinajstić information content (AvgIpc) is 3.01. The number of benzene rings is 2. The summed E-state index contributed by atoms with van der Waals surface area (Å²) in [4.78, 5) is 37.2. The number of hydrogen-bond acceptors (Lipinski definition) is 6. The van der Waals surface area contributed by atoms with Gasteiger partial charge < -0.3 is 14.3 Å². The summed E-state index contributed by atoms with van der Waals surface area (Å²) >= 11 is 0. The topological polar surface area (TPSA) is 93.8 Å². The van der Waals surface area contributed by atoms with Crippen molar-refractivity contribution >= 4 is 22.7 Å². The first-order valence-corrected chi connectivity index (χ1v) is 9.51. The van der Waals surface area contributed by atoms with Gasteiger partial charge in [-0.1, -0.05) is 42.0 Å². The standard InChI is InChI=1S/C24H20O6/c1-14-7-8-17(15(2)11-14)21-19(25)9-10-24(21,28)13-29-22(26)18-12-16-5-3-4-6-20(16)30-23(18)27/h3-12,21,28H,13H2,1-2H3/t21?,24-/m1/s1. The third-order valence-electron chi connectivity index (χ3n) is 5.35. The Bertz CT molecular complexity index is 1250. The fraction of sp³-hybridized carbons (Fsp3) is 0.208. The van der Waals surface area contributed by atoms with Crippen LogP contribution < -0.4 is 5.63 Å². The molecule has 1 aliphatic rings. The van der Waals surface area contributed by atoms with Gasteiger partial charge in [0.05, 0.1) is 5.92 Å². The molecule has 4 rings (SSSR count). The Morgan fingerprint density at radius 2 is 1.90 bits per heavy atom. The molecule has 0 aliphatic heterocycles. The Morgan fingerprint density at radius 1 is 1.13 bits per heavy atom. The highest BCUT2D eigenvalue weighted by Gasteiger charge is 2.45. The molecule has 0 bridgehead atoms. The van der Waals surface area contributed by atoms with Gasteiger partial charge in [-0.2, -0.15) is 0 Å². The molecule has 1 N–H and O–H groups in total. The van der Waals surface area contributed by atoms with Gasteiger partial charge in [0.2, 0.25) is 0 Å². The van der Waals surface area contributed by atoms with E-state index in [4.69, 9.17) is 9.15 Å². The highest BCUT2D eigenvalue weighted by atomic mass is 16.5. The summed E-state index contributed by atoms with van der Waals surface area (Å²) < 4.78 is 10.4. The maximum absolute atomic E-state index is 12.5. The molecule has 0 saturated carbocycles. The molecule has 30 heavy (non-hydrogen) atoms. The van der Waals surface area contributed by atoms with Crippen molar-refractivity contribution in [2.45, 2.75) is 25.4 Å². The first kappa shape index (κ1) is 19.8. The fourth-order valence-electron chi connectivity index (χ4n) is 3.83. The molecule has 0 saturated heterocycles. The summed E-state index contributed by atoms with van der Waals surface area (Å²) in [6.07, 6.45) is 2.64. The molecule has 2 aromatic carbocycles. The molecule has 3 aromatic rings. The molecule has 1 unspecified atom stereocenters. The van der Waals surface area contributed by atoms with Crippen molar-refractivity contribution in [1.29, 1.82) is 0 Å². The number of allylic oxidation sites excluding steroid dienone is 1. The second-order valence-corrected chi connectivity index (χ2v) is 7.58. The van der Waals surface area contributed by atoms with Crippen LogP contribution >= 0.6 is 0 Å². The van der Waals surface area contributed by atoms with Crippen molar-refractivity contribution < 1.29 is 23.8 Å². The zero-order valence-electron chi connectivity index (χ0n) is 16.5. The fourth-order valence-corrected chi connectivity index (χ4v) is 3.83. The normalized spacial score (nSPS) is 20.6. The lowest BCUT2D eigenvalue weighted by molar-refractivity contribution is -0.120. The van der Waals surface area contributed by atoms with E-state index in [0.29, 0.717) is 16.5 Å². The predicted molar refractivity (Wildman–Crippen MR) is 111 cm³/mol. The van der Waals surface area contributed by atoms with Gasteiger partial charge >= 0.3 is 11.6 Å². The Balaban J connectivity index is 1.59. The molecule has 6 heteroatoms. The van der Waals surface area contributed by atoms with Crippen LogP contribution in [0.25, 0.3) is 11.0 Å². The van der Waals surface area contributed by atoms with Crippen LogP contribution in [-0.2, 0) is 9.53 Å². The number of aryl methyl sites for hydroxylation is 2. The Morgan fingerprint density at radius 3 is 2.67 bits per heavy atom. The van der Waals surface area contributed by atoms with E-state index in [-0.39, 0.29) is 11.3 Å². The number of para-hydroxylation sites is 1. The van der Waals surface area contributed by atoms with Gasteiger partial charge in [0.25, 0.3) is 0 Å². The van der Waals surface area contributed by atoms with E-state index in [1.54, 1.807) is 30.3 Å². The molecule has 6 nitrogen and oxygen atoms in total. The van der Waals surface area contributed by atoms with Crippen LogP contribution in [0.1, 0.15) is 33.0 Å². The number of aliphatic hydroxyl groups is 1. The monoisotopic (exact) mass is 404 g/mol. The van der Waals surface area contributed by atoms with Gasteiger partial charge in [-0.05, 0) is 49.3 Å². The number of hydrogen-bond donors (Lipinski definition) is 1. The minimum Gasteiger partial charge on any atom is -0.458 e. The number of ether oxygens (including phenoxy) is 1. The van der Waals surface area contributed by atoms with Crippen LogP contribution in [-0.4, -0.2) is 29.1 Å². The lowest BCUT2D eigenvalue weighted by Gasteiger charge is -2.29. The van der Waals surface area contributed by atoms with E-state index in [1.165, 1.54) is 18.2 Å². The molecule has 1 aliphatic carbocycles.